The van der Waals surface area contributed by atoms with Crippen molar-refractivity contribution in [3.05, 3.63) is 29.3 Å². The highest BCUT2D eigenvalue weighted by molar-refractivity contribution is 7.89. The molecule has 108 valence electrons. The normalized spacial score (nSPS) is 23.7. The molecule has 2 atom stereocenters. The SMILES string of the molecule is Cc1cc(S(=O)(=O)N2C[C@@H](F)C[C@H]2CO)ccc1C#N. The minimum Gasteiger partial charge on any atom is -0.395 e. The van der Waals surface area contributed by atoms with Gasteiger partial charge in [-0.2, -0.15) is 9.57 Å². The van der Waals surface area contributed by atoms with E-state index >= 15 is 0 Å². The van der Waals surface area contributed by atoms with Crippen molar-refractivity contribution >= 4 is 10.0 Å². The van der Waals surface area contributed by atoms with E-state index in [-0.39, 0.29) is 17.9 Å². The molecule has 0 radical (unpaired) electrons. The highest BCUT2D eigenvalue weighted by Crippen LogP contribution is 2.28. The standard InChI is InChI=1S/C13H15FN2O3S/c1-9-4-13(3-2-10(9)6-15)20(18,19)16-7-11(14)5-12(16)8-17/h2-4,11-12,17H,5,7-8H2,1H3/t11-,12-/m0/s1. The Kier molecular flexibility index (Phi) is 4.09. The topological polar surface area (TPSA) is 81.4 Å². The first kappa shape index (κ1) is 14.9. The van der Waals surface area contributed by atoms with Crippen LogP contribution in [-0.4, -0.2) is 43.2 Å². The maximum atomic E-state index is 13.4. The number of halogens is 1. The first-order valence-corrected chi connectivity index (χ1v) is 7.61. The summed E-state index contributed by atoms with van der Waals surface area (Å²) in [7, 11) is -3.86. The highest BCUT2D eigenvalue weighted by Gasteiger charge is 2.40. The molecule has 1 N–H and O–H groups in total. The molecule has 1 aliphatic heterocycles. The third-order valence-electron chi connectivity index (χ3n) is 3.45. The predicted octanol–water partition coefficient (Wildman–Crippen LogP) is 0.960. The summed E-state index contributed by atoms with van der Waals surface area (Å²) >= 11 is 0. The van der Waals surface area contributed by atoms with E-state index in [0.717, 1.165) is 4.31 Å². The fourth-order valence-electron chi connectivity index (χ4n) is 2.35. The third-order valence-corrected chi connectivity index (χ3v) is 5.36. The van der Waals surface area contributed by atoms with Crippen molar-refractivity contribution in [2.75, 3.05) is 13.2 Å². The number of aryl methyl sites for hydroxylation is 1. The van der Waals surface area contributed by atoms with Gasteiger partial charge in [0.05, 0.1) is 29.2 Å². The van der Waals surface area contributed by atoms with E-state index in [9.17, 15) is 17.9 Å². The van der Waals surface area contributed by atoms with Crippen LogP contribution in [-0.2, 0) is 10.0 Å². The summed E-state index contributed by atoms with van der Waals surface area (Å²) in [5.41, 5.74) is 0.942. The maximum Gasteiger partial charge on any atom is 0.243 e. The summed E-state index contributed by atoms with van der Waals surface area (Å²) in [4.78, 5) is 0.0153. The van der Waals surface area contributed by atoms with E-state index < -0.39 is 28.8 Å². The number of hydrogen-bond acceptors (Lipinski definition) is 4. The minimum absolute atomic E-state index is 0.00495. The van der Waals surface area contributed by atoms with Crippen LogP contribution in [0.4, 0.5) is 4.39 Å². The van der Waals surface area contributed by atoms with E-state index in [4.69, 9.17) is 5.26 Å². The highest BCUT2D eigenvalue weighted by atomic mass is 32.2. The number of hydrogen-bond donors (Lipinski definition) is 1. The Morgan fingerprint density at radius 1 is 1.55 bits per heavy atom. The Balaban J connectivity index is 2.40. The molecular formula is C13H15FN2O3S. The van der Waals surface area contributed by atoms with Crippen molar-refractivity contribution in [2.45, 2.75) is 30.5 Å². The molecule has 0 unspecified atom stereocenters. The molecule has 0 amide bonds. The molecule has 0 bridgehead atoms. The van der Waals surface area contributed by atoms with Crippen LogP contribution in [0.15, 0.2) is 23.1 Å². The summed E-state index contributed by atoms with van der Waals surface area (Å²) in [6.07, 6.45) is -1.26. The van der Waals surface area contributed by atoms with Crippen LogP contribution < -0.4 is 0 Å². The average Bonchev–Trinajstić information content (AvgIpc) is 2.80. The first-order chi connectivity index (χ1) is 9.40. The molecule has 7 heteroatoms. The van der Waals surface area contributed by atoms with Gasteiger partial charge in [-0.15, -0.1) is 0 Å². The molecule has 5 nitrogen and oxygen atoms in total. The Morgan fingerprint density at radius 2 is 2.25 bits per heavy atom. The maximum absolute atomic E-state index is 13.4. The fraction of sp³-hybridized carbons (Fsp3) is 0.462. The lowest BCUT2D eigenvalue weighted by Gasteiger charge is -2.22. The van der Waals surface area contributed by atoms with E-state index in [2.05, 4.69) is 0 Å². The summed E-state index contributed by atoms with van der Waals surface area (Å²) in [5.74, 6) is 0. The molecule has 1 aromatic rings. The Bertz CT molecular complexity index is 654. The molecule has 0 aromatic heterocycles. The number of alkyl halides is 1. The predicted molar refractivity (Wildman–Crippen MR) is 70.2 cm³/mol. The molecule has 0 spiro atoms. The van der Waals surface area contributed by atoms with Crippen LogP contribution in [0.3, 0.4) is 0 Å². The number of sulfonamides is 1. The second-order valence-corrected chi connectivity index (χ2v) is 6.72. The molecule has 1 fully saturated rings. The molecule has 1 aliphatic rings. The first-order valence-electron chi connectivity index (χ1n) is 6.17. The van der Waals surface area contributed by atoms with E-state index in [0.29, 0.717) is 11.1 Å². The lowest BCUT2D eigenvalue weighted by atomic mass is 10.1. The van der Waals surface area contributed by atoms with Gasteiger partial charge in [-0.1, -0.05) is 0 Å². The van der Waals surface area contributed by atoms with Crippen molar-refractivity contribution in [3.8, 4) is 6.07 Å². The van der Waals surface area contributed by atoms with Crippen LogP contribution in [0.5, 0.6) is 0 Å². The lowest BCUT2D eigenvalue weighted by Crippen LogP contribution is -2.37. The Hall–Kier alpha value is -1.49. The summed E-state index contributed by atoms with van der Waals surface area (Å²) in [6, 6.07) is 5.39. The van der Waals surface area contributed by atoms with Crippen LogP contribution in [0, 0.1) is 18.3 Å². The van der Waals surface area contributed by atoms with Crippen molar-refractivity contribution in [1.82, 2.24) is 4.31 Å². The summed E-state index contributed by atoms with van der Waals surface area (Å²) in [6.45, 7) is 0.991. The average molecular weight is 298 g/mol. The summed E-state index contributed by atoms with van der Waals surface area (Å²) in [5, 5.41) is 18.0. The zero-order valence-electron chi connectivity index (χ0n) is 11.0. The smallest absolute Gasteiger partial charge is 0.243 e. The zero-order chi connectivity index (χ0) is 14.9. The third kappa shape index (κ3) is 2.54. The zero-order valence-corrected chi connectivity index (χ0v) is 11.8. The van der Waals surface area contributed by atoms with Gasteiger partial charge in [-0.05, 0) is 37.1 Å². The quantitative estimate of drug-likeness (QED) is 0.901. The largest absolute Gasteiger partial charge is 0.395 e. The van der Waals surface area contributed by atoms with E-state index in [1.54, 1.807) is 6.92 Å². The van der Waals surface area contributed by atoms with Gasteiger partial charge in [0.1, 0.15) is 6.17 Å². The number of benzene rings is 1. The van der Waals surface area contributed by atoms with Crippen LogP contribution in [0.2, 0.25) is 0 Å². The number of nitrogens with zero attached hydrogens (tertiary/aromatic N) is 2. The number of aliphatic hydroxyl groups is 1. The van der Waals surface area contributed by atoms with Crippen molar-refractivity contribution in [2.24, 2.45) is 0 Å². The summed E-state index contributed by atoms with van der Waals surface area (Å²) < 4.78 is 39.3. The fourth-order valence-corrected chi connectivity index (χ4v) is 4.09. The van der Waals surface area contributed by atoms with Gasteiger partial charge >= 0.3 is 0 Å². The van der Waals surface area contributed by atoms with Gasteiger partial charge in [0.2, 0.25) is 10.0 Å². The van der Waals surface area contributed by atoms with Gasteiger partial charge in [-0.25, -0.2) is 12.8 Å². The van der Waals surface area contributed by atoms with Gasteiger partial charge in [0.25, 0.3) is 0 Å². The number of rotatable bonds is 3. The molecule has 2 rings (SSSR count). The molecule has 0 saturated carbocycles. The second kappa shape index (κ2) is 5.48. The minimum atomic E-state index is -3.86. The van der Waals surface area contributed by atoms with Crippen molar-refractivity contribution in [1.29, 1.82) is 5.26 Å². The van der Waals surface area contributed by atoms with E-state index in [1.807, 2.05) is 6.07 Å². The second-order valence-electron chi connectivity index (χ2n) is 4.83. The molecule has 1 saturated heterocycles. The van der Waals surface area contributed by atoms with Crippen LogP contribution in [0.1, 0.15) is 17.5 Å². The Morgan fingerprint density at radius 3 is 2.80 bits per heavy atom. The molecule has 1 aromatic carbocycles. The van der Waals surface area contributed by atoms with Crippen LogP contribution >= 0.6 is 0 Å². The van der Waals surface area contributed by atoms with Crippen LogP contribution in [0.25, 0.3) is 0 Å². The number of aliphatic hydroxyl groups excluding tert-OH is 1. The van der Waals surface area contributed by atoms with Crippen molar-refractivity contribution in [3.63, 3.8) is 0 Å². The number of nitriles is 1. The molecule has 0 aliphatic carbocycles. The van der Waals surface area contributed by atoms with Gasteiger partial charge in [-0.3, -0.25) is 0 Å². The molecule has 1 heterocycles. The Labute approximate surface area is 117 Å². The monoisotopic (exact) mass is 298 g/mol. The van der Waals surface area contributed by atoms with Gasteiger partial charge < -0.3 is 5.11 Å². The molecule has 20 heavy (non-hydrogen) atoms. The van der Waals surface area contributed by atoms with Crippen molar-refractivity contribution < 1.29 is 17.9 Å². The van der Waals surface area contributed by atoms with E-state index in [1.165, 1.54) is 18.2 Å². The van der Waals surface area contributed by atoms with Gasteiger partial charge in [0, 0.05) is 6.54 Å². The van der Waals surface area contributed by atoms with Gasteiger partial charge in [0.15, 0.2) is 0 Å². The molecular weight excluding hydrogens is 283 g/mol. The lowest BCUT2D eigenvalue weighted by molar-refractivity contribution is 0.213.